The van der Waals surface area contributed by atoms with Gasteiger partial charge in [0.05, 0.1) is 19.8 Å². The van der Waals surface area contributed by atoms with E-state index in [2.05, 4.69) is 0 Å². The van der Waals surface area contributed by atoms with Crippen molar-refractivity contribution in [3.8, 4) is 0 Å². The lowest BCUT2D eigenvalue weighted by molar-refractivity contribution is 0.520. The molecule has 0 aromatic rings. The van der Waals surface area contributed by atoms with E-state index in [9.17, 15) is 0 Å². The van der Waals surface area contributed by atoms with Crippen molar-refractivity contribution in [1.29, 1.82) is 0 Å². The summed E-state index contributed by atoms with van der Waals surface area (Å²) >= 11 is 30.5. The number of fused-ring (bicyclic) bond motifs is 2. The van der Waals surface area contributed by atoms with Crippen LogP contribution in [0, 0.1) is 5.92 Å². The Labute approximate surface area is 102 Å². The third-order valence-electron chi connectivity index (χ3n) is 2.89. The summed E-state index contributed by atoms with van der Waals surface area (Å²) in [6.45, 7) is 0. The van der Waals surface area contributed by atoms with E-state index in [0.717, 1.165) is 6.42 Å². The normalized spacial score (nSPS) is 49.2. The van der Waals surface area contributed by atoms with E-state index < -0.39 is 9.75 Å². The van der Waals surface area contributed by atoms with Crippen LogP contribution in [0.15, 0.2) is 10.1 Å². The van der Waals surface area contributed by atoms with Crippen LogP contribution in [0.1, 0.15) is 12.8 Å². The average molecular weight is 280 g/mol. The molecule has 0 unspecified atom stereocenters. The molecule has 0 heterocycles. The first-order valence-corrected chi connectivity index (χ1v) is 5.99. The lowest BCUT2D eigenvalue weighted by Crippen LogP contribution is -2.28. The summed E-state index contributed by atoms with van der Waals surface area (Å²) < 4.78 is 0. The zero-order valence-corrected chi connectivity index (χ0v) is 10.4. The van der Waals surface area contributed by atoms with Crippen LogP contribution in [0.3, 0.4) is 0 Å². The molecule has 0 nitrogen and oxygen atoms in total. The molecule has 0 aromatic heterocycles. The Morgan fingerprint density at radius 3 is 2.23 bits per heavy atom. The van der Waals surface area contributed by atoms with E-state index in [-0.39, 0.29) is 5.92 Å². The first-order chi connectivity index (χ1) is 5.94. The molecular weight excluding hydrogens is 273 g/mol. The highest BCUT2D eigenvalue weighted by Crippen LogP contribution is 2.65. The van der Waals surface area contributed by atoms with Crippen LogP contribution in [0.25, 0.3) is 0 Å². The van der Waals surface area contributed by atoms with Crippen molar-refractivity contribution >= 4 is 58.0 Å². The third-order valence-corrected chi connectivity index (χ3v) is 5.74. The van der Waals surface area contributed by atoms with Crippen molar-refractivity contribution in [2.24, 2.45) is 5.92 Å². The highest BCUT2D eigenvalue weighted by molar-refractivity contribution is 6.51. The van der Waals surface area contributed by atoms with E-state index >= 15 is 0 Å². The molecule has 0 aliphatic heterocycles. The molecule has 74 valence electrons. The molecular formula is C8H7Cl5. The summed E-state index contributed by atoms with van der Waals surface area (Å²) in [5, 5.41) is 0.995. The Morgan fingerprint density at radius 2 is 1.85 bits per heavy atom. The zero-order chi connectivity index (χ0) is 9.85. The smallest absolute Gasteiger partial charge is 0.0873 e. The van der Waals surface area contributed by atoms with Crippen molar-refractivity contribution < 1.29 is 0 Å². The first-order valence-electron chi connectivity index (χ1n) is 3.94. The minimum atomic E-state index is -0.609. The molecule has 3 atom stereocenters. The van der Waals surface area contributed by atoms with Crippen LogP contribution in [-0.2, 0) is 0 Å². The molecule has 5 heteroatoms. The Kier molecular flexibility index (Phi) is 2.54. The van der Waals surface area contributed by atoms with Gasteiger partial charge < -0.3 is 0 Å². The highest BCUT2D eigenvalue weighted by atomic mass is 35.5. The molecule has 0 N–H and O–H groups in total. The molecule has 2 rings (SSSR count). The fourth-order valence-corrected chi connectivity index (χ4v) is 4.46. The Bertz CT molecular complexity index is 286. The van der Waals surface area contributed by atoms with Gasteiger partial charge in [0.25, 0.3) is 0 Å². The third kappa shape index (κ3) is 1.26. The maximum Gasteiger partial charge on any atom is 0.0873 e. The minimum absolute atomic E-state index is 0.128. The highest BCUT2D eigenvalue weighted by Gasteiger charge is 2.62. The van der Waals surface area contributed by atoms with Gasteiger partial charge in [0.15, 0.2) is 0 Å². The molecule has 0 saturated heterocycles. The van der Waals surface area contributed by atoms with Crippen LogP contribution >= 0.6 is 58.0 Å². The van der Waals surface area contributed by atoms with E-state index in [1.807, 2.05) is 0 Å². The van der Waals surface area contributed by atoms with Crippen molar-refractivity contribution in [1.82, 2.24) is 0 Å². The molecule has 2 bridgehead atoms. The number of hydrogen-bond acceptors (Lipinski definition) is 0. The molecule has 2 aliphatic carbocycles. The number of allylic oxidation sites excluding steroid dienone is 2. The van der Waals surface area contributed by atoms with Gasteiger partial charge in [-0.3, -0.25) is 0 Å². The van der Waals surface area contributed by atoms with Crippen molar-refractivity contribution in [3.63, 3.8) is 0 Å². The second-order valence-electron chi connectivity index (χ2n) is 3.69. The van der Waals surface area contributed by atoms with E-state index in [1.54, 1.807) is 0 Å². The predicted molar refractivity (Wildman–Crippen MR) is 59.3 cm³/mol. The molecule has 1 fully saturated rings. The number of rotatable bonds is 1. The molecule has 13 heavy (non-hydrogen) atoms. The molecule has 1 saturated carbocycles. The number of hydrogen-bond donors (Lipinski definition) is 0. The maximum atomic E-state index is 6.35. The lowest BCUT2D eigenvalue weighted by atomic mass is 9.94. The second-order valence-corrected chi connectivity index (χ2v) is 6.15. The van der Waals surface area contributed by atoms with Crippen molar-refractivity contribution in [2.45, 2.75) is 22.6 Å². The minimum Gasteiger partial charge on any atom is -0.126 e. The SMILES string of the molecule is ClC[C@H]1C[C@]2(Cl)C[C@]1(Cl)C(Cl)=C2Cl. The van der Waals surface area contributed by atoms with E-state index in [0.29, 0.717) is 22.4 Å². The maximum absolute atomic E-state index is 6.35. The number of alkyl halides is 3. The predicted octanol–water partition coefficient (Wildman–Crippen LogP) is 4.29. The molecule has 0 radical (unpaired) electrons. The van der Waals surface area contributed by atoms with Gasteiger partial charge in [-0.05, 0) is 18.8 Å². The first kappa shape index (κ1) is 10.7. The molecule has 0 aromatic carbocycles. The summed E-state index contributed by atoms with van der Waals surface area (Å²) in [5.41, 5.74) is 0. The average Bonchev–Trinajstić information content (AvgIpc) is 2.44. The van der Waals surface area contributed by atoms with E-state index in [1.165, 1.54) is 0 Å². The van der Waals surface area contributed by atoms with Gasteiger partial charge in [-0.15, -0.1) is 34.8 Å². The summed E-state index contributed by atoms with van der Waals surface area (Å²) in [5.74, 6) is 0.599. The van der Waals surface area contributed by atoms with Crippen LogP contribution in [0.4, 0.5) is 0 Å². The quantitative estimate of drug-likeness (QED) is 0.628. The summed E-state index contributed by atoms with van der Waals surface area (Å²) in [6, 6.07) is 0. The number of halogens is 5. The Morgan fingerprint density at radius 1 is 1.23 bits per heavy atom. The second kappa shape index (κ2) is 3.09. The monoisotopic (exact) mass is 278 g/mol. The molecule has 0 amide bonds. The van der Waals surface area contributed by atoms with Gasteiger partial charge in [0.1, 0.15) is 0 Å². The van der Waals surface area contributed by atoms with Crippen LogP contribution in [0.2, 0.25) is 0 Å². The largest absolute Gasteiger partial charge is 0.126 e. The van der Waals surface area contributed by atoms with Crippen LogP contribution in [0.5, 0.6) is 0 Å². The van der Waals surface area contributed by atoms with Gasteiger partial charge in [-0.1, -0.05) is 23.2 Å². The van der Waals surface area contributed by atoms with Gasteiger partial charge in [-0.25, -0.2) is 0 Å². The fourth-order valence-electron chi connectivity index (χ4n) is 2.16. The summed E-state index contributed by atoms with van der Waals surface area (Å²) in [7, 11) is 0. The molecule has 0 spiro atoms. The lowest BCUT2D eigenvalue weighted by Gasteiger charge is -2.28. The Hall–Kier alpha value is 1.19. The Balaban J connectivity index is 2.46. The summed E-state index contributed by atoms with van der Waals surface area (Å²) in [4.78, 5) is -1.16. The fraction of sp³-hybridized carbons (Fsp3) is 0.750. The van der Waals surface area contributed by atoms with Gasteiger partial charge in [0.2, 0.25) is 0 Å². The topological polar surface area (TPSA) is 0 Å². The zero-order valence-electron chi connectivity index (χ0n) is 6.59. The van der Waals surface area contributed by atoms with Crippen LogP contribution < -0.4 is 0 Å². The van der Waals surface area contributed by atoms with Crippen molar-refractivity contribution in [3.05, 3.63) is 10.1 Å². The van der Waals surface area contributed by atoms with Crippen LogP contribution in [-0.4, -0.2) is 15.6 Å². The standard InChI is InChI=1S/C8H7Cl5/c9-2-4-1-7(12)3-8(4,13)6(11)5(7)10/h4H,1-3H2/t4-,7+,8-/m1/s1. The molecule has 2 aliphatic rings. The van der Waals surface area contributed by atoms with Gasteiger partial charge in [0, 0.05) is 5.88 Å². The van der Waals surface area contributed by atoms with Gasteiger partial charge >= 0.3 is 0 Å². The van der Waals surface area contributed by atoms with Gasteiger partial charge in [-0.2, -0.15) is 0 Å². The van der Waals surface area contributed by atoms with E-state index in [4.69, 9.17) is 58.0 Å². The van der Waals surface area contributed by atoms with Crippen molar-refractivity contribution in [2.75, 3.05) is 5.88 Å². The summed E-state index contributed by atoms with van der Waals surface area (Å²) in [6.07, 6.45) is 1.31.